The molecule has 16 heavy (non-hydrogen) atoms. The summed E-state index contributed by atoms with van der Waals surface area (Å²) < 4.78 is 3.06. The standard InChI is InChI=1S/C11H12BrN3S/c1-15-9(10-4-7(12)6-16-10)5-11(14-15)13-8-2-3-8/h4-6,8H,2-3H2,1H3,(H,13,14). The highest BCUT2D eigenvalue weighted by Gasteiger charge is 2.22. The molecule has 3 nitrogen and oxygen atoms in total. The molecule has 1 aliphatic carbocycles. The molecule has 0 aromatic carbocycles. The highest BCUT2D eigenvalue weighted by molar-refractivity contribution is 9.10. The van der Waals surface area contributed by atoms with E-state index in [0.717, 1.165) is 10.3 Å². The molecule has 0 amide bonds. The summed E-state index contributed by atoms with van der Waals surface area (Å²) in [4.78, 5) is 1.24. The molecule has 0 aliphatic heterocycles. The third-order valence-corrected chi connectivity index (χ3v) is 4.34. The minimum absolute atomic E-state index is 0.651. The molecule has 5 heteroatoms. The maximum absolute atomic E-state index is 4.47. The molecule has 1 saturated carbocycles. The summed E-state index contributed by atoms with van der Waals surface area (Å²) in [6, 6.07) is 4.90. The van der Waals surface area contributed by atoms with Gasteiger partial charge in [-0.3, -0.25) is 4.68 Å². The Morgan fingerprint density at radius 3 is 2.94 bits per heavy atom. The Hall–Kier alpha value is -0.810. The van der Waals surface area contributed by atoms with E-state index in [2.05, 4.69) is 43.9 Å². The van der Waals surface area contributed by atoms with Crippen LogP contribution in [0.25, 0.3) is 10.6 Å². The molecule has 2 aromatic heterocycles. The second-order valence-corrected chi connectivity index (χ2v) is 5.91. The van der Waals surface area contributed by atoms with Crippen molar-refractivity contribution in [2.75, 3.05) is 5.32 Å². The van der Waals surface area contributed by atoms with E-state index in [-0.39, 0.29) is 0 Å². The van der Waals surface area contributed by atoms with E-state index in [1.165, 1.54) is 23.4 Å². The molecule has 0 radical (unpaired) electrons. The quantitative estimate of drug-likeness (QED) is 0.940. The second-order valence-electron chi connectivity index (χ2n) is 4.09. The molecule has 1 aliphatic rings. The lowest BCUT2D eigenvalue weighted by Crippen LogP contribution is -2.01. The van der Waals surface area contributed by atoms with Crippen molar-refractivity contribution in [3.05, 3.63) is 22.0 Å². The maximum Gasteiger partial charge on any atom is 0.148 e. The van der Waals surface area contributed by atoms with Gasteiger partial charge in [0, 0.05) is 29.0 Å². The van der Waals surface area contributed by atoms with Crippen LogP contribution in [0.5, 0.6) is 0 Å². The summed E-state index contributed by atoms with van der Waals surface area (Å²) in [6.07, 6.45) is 2.55. The lowest BCUT2D eigenvalue weighted by molar-refractivity contribution is 0.777. The van der Waals surface area contributed by atoms with Crippen LogP contribution < -0.4 is 5.32 Å². The minimum Gasteiger partial charge on any atom is -0.366 e. The van der Waals surface area contributed by atoms with E-state index >= 15 is 0 Å². The Labute approximate surface area is 107 Å². The van der Waals surface area contributed by atoms with Crippen molar-refractivity contribution in [3.8, 4) is 10.6 Å². The largest absolute Gasteiger partial charge is 0.366 e. The molecule has 2 aromatic rings. The number of anilines is 1. The summed E-state index contributed by atoms with van der Waals surface area (Å²) >= 11 is 5.21. The number of aromatic nitrogens is 2. The summed E-state index contributed by atoms with van der Waals surface area (Å²) in [6.45, 7) is 0. The molecular weight excluding hydrogens is 286 g/mol. The third kappa shape index (κ3) is 2.01. The van der Waals surface area contributed by atoms with Crippen molar-refractivity contribution in [2.24, 2.45) is 7.05 Å². The van der Waals surface area contributed by atoms with Crippen LogP contribution in [0.1, 0.15) is 12.8 Å². The Kier molecular flexibility index (Phi) is 2.52. The molecule has 1 N–H and O–H groups in total. The zero-order valence-electron chi connectivity index (χ0n) is 8.90. The average molecular weight is 298 g/mol. The van der Waals surface area contributed by atoms with Gasteiger partial charge in [-0.2, -0.15) is 5.10 Å². The van der Waals surface area contributed by atoms with Crippen LogP contribution in [0.4, 0.5) is 5.82 Å². The SMILES string of the molecule is Cn1nc(NC2CC2)cc1-c1cc(Br)cs1. The lowest BCUT2D eigenvalue weighted by Gasteiger charge is -1.96. The highest BCUT2D eigenvalue weighted by atomic mass is 79.9. The first kappa shape index (κ1) is 10.4. The van der Waals surface area contributed by atoms with Crippen LogP contribution in [-0.4, -0.2) is 15.8 Å². The van der Waals surface area contributed by atoms with Crippen LogP contribution in [0.2, 0.25) is 0 Å². The van der Waals surface area contributed by atoms with Crippen molar-refractivity contribution in [1.82, 2.24) is 9.78 Å². The van der Waals surface area contributed by atoms with Crippen molar-refractivity contribution in [3.63, 3.8) is 0 Å². The number of halogens is 1. The monoisotopic (exact) mass is 297 g/mol. The van der Waals surface area contributed by atoms with Gasteiger partial charge in [0.25, 0.3) is 0 Å². The molecule has 1 fully saturated rings. The topological polar surface area (TPSA) is 29.9 Å². The fourth-order valence-electron chi connectivity index (χ4n) is 1.65. The number of nitrogens with zero attached hydrogens (tertiary/aromatic N) is 2. The maximum atomic E-state index is 4.47. The molecule has 3 rings (SSSR count). The van der Waals surface area contributed by atoms with Gasteiger partial charge in [0.2, 0.25) is 0 Å². The first-order valence-corrected chi connectivity index (χ1v) is 6.94. The number of rotatable bonds is 3. The van der Waals surface area contributed by atoms with Gasteiger partial charge in [0.1, 0.15) is 5.82 Å². The molecule has 0 atom stereocenters. The molecule has 0 unspecified atom stereocenters. The summed E-state index contributed by atoms with van der Waals surface area (Å²) in [5, 5.41) is 9.98. The van der Waals surface area contributed by atoms with Gasteiger partial charge in [-0.15, -0.1) is 11.3 Å². The van der Waals surface area contributed by atoms with Crippen molar-refractivity contribution in [2.45, 2.75) is 18.9 Å². The fraction of sp³-hybridized carbons (Fsp3) is 0.364. The van der Waals surface area contributed by atoms with Crippen LogP contribution in [-0.2, 0) is 7.05 Å². The molecule has 84 valence electrons. The number of hydrogen-bond donors (Lipinski definition) is 1. The molecular formula is C11H12BrN3S. The predicted octanol–water partition coefficient (Wildman–Crippen LogP) is 3.49. The van der Waals surface area contributed by atoms with Crippen LogP contribution in [0, 0.1) is 0 Å². The zero-order chi connectivity index (χ0) is 11.1. The first-order chi connectivity index (χ1) is 7.72. The van der Waals surface area contributed by atoms with Crippen LogP contribution >= 0.6 is 27.3 Å². The van der Waals surface area contributed by atoms with Gasteiger partial charge < -0.3 is 5.32 Å². The van der Waals surface area contributed by atoms with Crippen molar-refractivity contribution < 1.29 is 0 Å². The van der Waals surface area contributed by atoms with E-state index < -0.39 is 0 Å². The summed E-state index contributed by atoms with van der Waals surface area (Å²) in [7, 11) is 1.99. The van der Waals surface area contributed by atoms with Gasteiger partial charge in [-0.1, -0.05) is 0 Å². The minimum atomic E-state index is 0.651. The smallest absolute Gasteiger partial charge is 0.148 e. The Bertz CT molecular complexity index is 513. The van der Waals surface area contributed by atoms with Crippen molar-refractivity contribution in [1.29, 1.82) is 0 Å². The molecule has 0 bridgehead atoms. The number of nitrogens with one attached hydrogen (secondary N) is 1. The highest BCUT2D eigenvalue weighted by Crippen LogP contribution is 2.32. The molecule has 0 spiro atoms. The molecule has 2 heterocycles. The van der Waals surface area contributed by atoms with Crippen molar-refractivity contribution >= 4 is 33.1 Å². The summed E-state index contributed by atoms with van der Waals surface area (Å²) in [5.41, 5.74) is 1.17. The predicted molar refractivity (Wildman–Crippen MR) is 70.9 cm³/mol. The normalized spacial score (nSPS) is 15.4. The number of hydrogen-bond acceptors (Lipinski definition) is 3. The average Bonchev–Trinajstić information content (AvgIpc) is 2.82. The molecule has 0 saturated heterocycles. The number of aryl methyl sites for hydroxylation is 1. The second kappa shape index (κ2) is 3.89. The van der Waals surface area contributed by atoms with Gasteiger partial charge in [-0.05, 0) is 34.8 Å². The Morgan fingerprint density at radius 1 is 1.50 bits per heavy atom. The van der Waals surface area contributed by atoms with E-state index in [0.29, 0.717) is 6.04 Å². The van der Waals surface area contributed by atoms with Gasteiger partial charge in [-0.25, -0.2) is 0 Å². The van der Waals surface area contributed by atoms with Gasteiger partial charge in [0.15, 0.2) is 0 Å². The van der Waals surface area contributed by atoms with Gasteiger partial charge >= 0.3 is 0 Å². The Morgan fingerprint density at radius 2 is 2.31 bits per heavy atom. The van der Waals surface area contributed by atoms with Gasteiger partial charge in [0.05, 0.1) is 10.6 Å². The summed E-state index contributed by atoms with van der Waals surface area (Å²) in [5.74, 6) is 0.990. The van der Waals surface area contributed by atoms with Crippen LogP contribution in [0.15, 0.2) is 22.0 Å². The van der Waals surface area contributed by atoms with E-state index in [1.54, 1.807) is 11.3 Å². The van der Waals surface area contributed by atoms with E-state index in [9.17, 15) is 0 Å². The van der Waals surface area contributed by atoms with E-state index in [1.807, 2.05) is 11.7 Å². The third-order valence-electron chi connectivity index (χ3n) is 2.63. The zero-order valence-corrected chi connectivity index (χ0v) is 11.3. The fourth-order valence-corrected chi connectivity index (χ4v) is 3.13. The van der Waals surface area contributed by atoms with Crippen LogP contribution in [0.3, 0.4) is 0 Å². The Balaban J connectivity index is 1.91. The lowest BCUT2D eigenvalue weighted by atomic mass is 10.3. The first-order valence-electron chi connectivity index (χ1n) is 5.27. The number of thiophene rings is 1. The van der Waals surface area contributed by atoms with E-state index in [4.69, 9.17) is 0 Å².